The van der Waals surface area contributed by atoms with Gasteiger partial charge in [0.1, 0.15) is 5.39 Å². The van der Waals surface area contributed by atoms with Crippen LogP contribution in [0.15, 0.2) is 11.0 Å². The van der Waals surface area contributed by atoms with E-state index in [1.807, 2.05) is 0 Å². The SMILES string of the molecule is COC(=O)[C@H]1CC[C@@H](Nc2nc3[nH]ncc3c(=O)[nH]2)C1. The van der Waals surface area contributed by atoms with Gasteiger partial charge in [-0.1, -0.05) is 0 Å². The number of hydrogen-bond donors (Lipinski definition) is 3. The molecule has 0 unspecified atom stereocenters. The van der Waals surface area contributed by atoms with Crippen molar-refractivity contribution in [3.63, 3.8) is 0 Å². The Kier molecular flexibility index (Phi) is 3.13. The summed E-state index contributed by atoms with van der Waals surface area (Å²) in [5, 5.41) is 10.0. The summed E-state index contributed by atoms with van der Waals surface area (Å²) in [6, 6.07) is 0.0996. The molecule has 2 heterocycles. The van der Waals surface area contributed by atoms with Gasteiger partial charge in [-0.15, -0.1) is 0 Å². The zero-order valence-corrected chi connectivity index (χ0v) is 11.0. The zero-order valence-electron chi connectivity index (χ0n) is 11.0. The number of fused-ring (bicyclic) bond motifs is 1. The molecule has 0 aromatic carbocycles. The number of ether oxygens (including phenoxy) is 1. The molecule has 8 heteroatoms. The van der Waals surface area contributed by atoms with Crippen molar-refractivity contribution in [1.82, 2.24) is 20.2 Å². The minimum absolute atomic E-state index is 0.0832. The van der Waals surface area contributed by atoms with Crippen LogP contribution in [0.3, 0.4) is 0 Å². The van der Waals surface area contributed by atoms with Gasteiger partial charge in [0.15, 0.2) is 5.65 Å². The molecule has 3 rings (SSSR count). The van der Waals surface area contributed by atoms with E-state index in [9.17, 15) is 9.59 Å². The molecule has 0 spiro atoms. The van der Waals surface area contributed by atoms with Crippen molar-refractivity contribution in [3.8, 4) is 0 Å². The Morgan fingerprint density at radius 1 is 1.50 bits per heavy atom. The van der Waals surface area contributed by atoms with Gasteiger partial charge in [0.05, 0.1) is 19.2 Å². The van der Waals surface area contributed by atoms with E-state index in [0.717, 1.165) is 12.8 Å². The highest BCUT2D eigenvalue weighted by atomic mass is 16.5. The second kappa shape index (κ2) is 4.95. The number of nitrogens with one attached hydrogen (secondary N) is 3. The number of aromatic amines is 2. The molecule has 1 aliphatic rings. The number of anilines is 1. The first-order chi connectivity index (χ1) is 9.67. The number of rotatable bonds is 3. The van der Waals surface area contributed by atoms with E-state index in [1.54, 1.807) is 0 Å². The maximum atomic E-state index is 11.8. The summed E-state index contributed by atoms with van der Waals surface area (Å²) in [5.74, 6) is 0.127. The number of carbonyl (C=O) groups is 1. The number of aromatic nitrogens is 4. The van der Waals surface area contributed by atoms with Crippen LogP contribution < -0.4 is 10.9 Å². The van der Waals surface area contributed by atoms with Crippen LogP contribution >= 0.6 is 0 Å². The second-order valence-corrected chi connectivity index (χ2v) is 4.92. The molecule has 0 radical (unpaired) electrons. The van der Waals surface area contributed by atoms with E-state index < -0.39 is 0 Å². The number of esters is 1. The number of carbonyl (C=O) groups excluding carboxylic acids is 1. The molecule has 3 N–H and O–H groups in total. The van der Waals surface area contributed by atoms with Crippen LogP contribution in [-0.2, 0) is 9.53 Å². The molecule has 1 saturated carbocycles. The van der Waals surface area contributed by atoms with Gasteiger partial charge in [0.25, 0.3) is 5.56 Å². The summed E-state index contributed by atoms with van der Waals surface area (Å²) in [4.78, 5) is 30.2. The maximum absolute atomic E-state index is 11.8. The van der Waals surface area contributed by atoms with Gasteiger partial charge < -0.3 is 10.1 Å². The monoisotopic (exact) mass is 277 g/mol. The number of methoxy groups -OCH3 is 1. The summed E-state index contributed by atoms with van der Waals surface area (Å²) in [6.45, 7) is 0. The Bertz CT molecular complexity index is 692. The van der Waals surface area contributed by atoms with E-state index in [4.69, 9.17) is 4.74 Å². The van der Waals surface area contributed by atoms with Crippen LogP contribution in [-0.4, -0.2) is 39.3 Å². The minimum Gasteiger partial charge on any atom is -0.469 e. The molecule has 2 atom stereocenters. The van der Waals surface area contributed by atoms with Crippen LogP contribution in [0.5, 0.6) is 0 Å². The van der Waals surface area contributed by atoms with Gasteiger partial charge in [-0.3, -0.25) is 19.7 Å². The Balaban J connectivity index is 1.74. The Morgan fingerprint density at radius 3 is 3.15 bits per heavy atom. The van der Waals surface area contributed by atoms with Crippen LogP contribution in [0.2, 0.25) is 0 Å². The van der Waals surface area contributed by atoms with Gasteiger partial charge in [-0.05, 0) is 19.3 Å². The third kappa shape index (κ3) is 2.24. The first kappa shape index (κ1) is 12.6. The first-order valence-corrected chi connectivity index (χ1v) is 6.45. The highest BCUT2D eigenvalue weighted by Crippen LogP contribution is 2.28. The molecule has 1 aliphatic carbocycles. The van der Waals surface area contributed by atoms with Crippen LogP contribution in [0.1, 0.15) is 19.3 Å². The number of H-pyrrole nitrogens is 2. The summed E-state index contributed by atoms with van der Waals surface area (Å²) >= 11 is 0. The van der Waals surface area contributed by atoms with E-state index >= 15 is 0 Å². The Morgan fingerprint density at radius 2 is 2.35 bits per heavy atom. The molecule has 106 valence electrons. The van der Waals surface area contributed by atoms with Gasteiger partial charge in [-0.2, -0.15) is 10.1 Å². The van der Waals surface area contributed by atoms with Gasteiger partial charge >= 0.3 is 5.97 Å². The largest absolute Gasteiger partial charge is 0.469 e. The second-order valence-electron chi connectivity index (χ2n) is 4.92. The lowest BCUT2D eigenvalue weighted by atomic mass is 10.1. The quantitative estimate of drug-likeness (QED) is 0.700. The molecular formula is C12H15N5O3. The lowest BCUT2D eigenvalue weighted by molar-refractivity contribution is -0.145. The van der Waals surface area contributed by atoms with Crippen molar-refractivity contribution >= 4 is 23.0 Å². The normalized spacial score (nSPS) is 22.1. The van der Waals surface area contributed by atoms with Crippen molar-refractivity contribution in [2.45, 2.75) is 25.3 Å². The average molecular weight is 277 g/mol. The third-order valence-electron chi connectivity index (χ3n) is 3.63. The van der Waals surface area contributed by atoms with E-state index in [-0.39, 0.29) is 23.5 Å². The number of hydrogen-bond acceptors (Lipinski definition) is 6. The minimum atomic E-state index is -0.242. The summed E-state index contributed by atoms with van der Waals surface area (Å²) in [7, 11) is 1.40. The summed E-state index contributed by atoms with van der Waals surface area (Å²) in [6.07, 6.45) is 3.73. The fourth-order valence-corrected chi connectivity index (χ4v) is 2.60. The molecular weight excluding hydrogens is 262 g/mol. The van der Waals surface area contributed by atoms with Crippen molar-refractivity contribution in [2.24, 2.45) is 5.92 Å². The Labute approximate surface area is 113 Å². The van der Waals surface area contributed by atoms with E-state index in [0.29, 0.717) is 23.4 Å². The molecule has 20 heavy (non-hydrogen) atoms. The predicted molar refractivity (Wildman–Crippen MR) is 71.3 cm³/mol. The van der Waals surface area contributed by atoms with Gasteiger partial charge in [0.2, 0.25) is 5.95 Å². The van der Waals surface area contributed by atoms with Crippen molar-refractivity contribution in [1.29, 1.82) is 0 Å². The molecule has 0 bridgehead atoms. The van der Waals surface area contributed by atoms with E-state index in [2.05, 4.69) is 25.5 Å². The fraction of sp³-hybridized carbons (Fsp3) is 0.500. The summed E-state index contributed by atoms with van der Waals surface area (Å²) < 4.78 is 4.75. The molecule has 2 aromatic rings. The van der Waals surface area contributed by atoms with Crippen molar-refractivity contribution in [3.05, 3.63) is 16.6 Å². The van der Waals surface area contributed by atoms with Crippen molar-refractivity contribution < 1.29 is 9.53 Å². The zero-order chi connectivity index (χ0) is 14.1. The Hall–Kier alpha value is -2.38. The lowest BCUT2D eigenvalue weighted by Gasteiger charge is -2.12. The molecule has 0 aliphatic heterocycles. The van der Waals surface area contributed by atoms with Gasteiger partial charge in [-0.25, -0.2) is 0 Å². The lowest BCUT2D eigenvalue weighted by Crippen LogP contribution is -2.22. The van der Waals surface area contributed by atoms with E-state index in [1.165, 1.54) is 13.3 Å². The standard InChI is InChI=1S/C12H15N5O3/c1-20-11(19)6-2-3-7(4-6)14-12-15-9-8(5-13-17-9)10(18)16-12/h5-7H,2-4H2,1H3,(H3,13,14,15,16,17,18)/t6-,7+/m0/s1. The predicted octanol–water partition coefficient (Wildman–Crippen LogP) is 0.400. The molecule has 2 aromatic heterocycles. The highest BCUT2D eigenvalue weighted by molar-refractivity contribution is 5.74. The van der Waals surface area contributed by atoms with Crippen molar-refractivity contribution in [2.75, 3.05) is 12.4 Å². The molecule has 0 amide bonds. The van der Waals surface area contributed by atoms with Crippen LogP contribution in [0, 0.1) is 5.92 Å². The van der Waals surface area contributed by atoms with Crippen LogP contribution in [0.4, 0.5) is 5.95 Å². The third-order valence-corrected chi connectivity index (χ3v) is 3.63. The summed E-state index contributed by atoms with van der Waals surface area (Å²) in [5.41, 5.74) is 0.201. The fourth-order valence-electron chi connectivity index (χ4n) is 2.60. The topological polar surface area (TPSA) is 113 Å². The first-order valence-electron chi connectivity index (χ1n) is 6.45. The molecule has 1 fully saturated rings. The maximum Gasteiger partial charge on any atom is 0.308 e. The smallest absolute Gasteiger partial charge is 0.308 e. The number of nitrogens with zero attached hydrogens (tertiary/aromatic N) is 2. The van der Waals surface area contributed by atoms with Crippen LogP contribution in [0.25, 0.3) is 11.0 Å². The molecule has 0 saturated heterocycles. The highest BCUT2D eigenvalue weighted by Gasteiger charge is 2.30. The average Bonchev–Trinajstić information content (AvgIpc) is 3.07. The van der Waals surface area contributed by atoms with Gasteiger partial charge in [0, 0.05) is 6.04 Å². The molecule has 8 nitrogen and oxygen atoms in total.